The molecule has 1 unspecified atom stereocenters. The summed E-state index contributed by atoms with van der Waals surface area (Å²) >= 11 is 0. The maximum atomic E-state index is 12.7. The third kappa shape index (κ3) is 5.58. The van der Waals surface area contributed by atoms with Crippen molar-refractivity contribution in [2.75, 3.05) is 24.5 Å². The summed E-state index contributed by atoms with van der Waals surface area (Å²) in [4.78, 5) is 1.39. The van der Waals surface area contributed by atoms with Crippen LogP contribution < -0.4 is 10.2 Å². The molecule has 2 nitrogen and oxygen atoms in total. The van der Waals surface area contributed by atoms with Crippen molar-refractivity contribution >= 4 is 5.69 Å². The third-order valence-electron chi connectivity index (χ3n) is 3.45. The Hall–Kier alpha value is -1.23. The van der Waals surface area contributed by atoms with Gasteiger partial charge in [-0.15, -0.1) is 0 Å². The van der Waals surface area contributed by atoms with Gasteiger partial charge in [-0.25, -0.2) is 0 Å². The van der Waals surface area contributed by atoms with Crippen LogP contribution in [-0.4, -0.2) is 25.8 Å². The molecule has 1 rings (SSSR count). The van der Waals surface area contributed by atoms with Gasteiger partial charge in [-0.1, -0.05) is 32.0 Å². The molecule has 0 aliphatic rings. The van der Waals surface area contributed by atoms with Crippen molar-refractivity contribution in [1.82, 2.24) is 5.32 Å². The number of para-hydroxylation sites is 1. The van der Waals surface area contributed by atoms with E-state index in [1.54, 1.807) is 19.1 Å². The van der Waals surface area contributed by atoms with Gasteiger partial charge in [0.15, 0.2) is 0 Å². The van der Waals surface area contributed by atoms with Gasteiger partial charge >= 0.3 is 6.18 Å². The van der Waals surface area contributed by atoms with Crippen molar-refractivity contribution in [3.8, 4) is 0 Å². The maximum Gasteiger partial charge on any atom is 0.405 e. The van der Waals surface area contributed by atoms with Crippen molar-refractivity contribution in [2.24, 2.45) is 0 Å². The molecule has 21 heavy (non-hydrogen) atoms. The molecular weight excluding hydrogens is 277 g/mol. The Balaban J connectivity index is 3.05. The van der Waals surface area contributed by atoms with Crippen molar-refractivity contribution in [3.63, 3.8) is 0 Å². The number of nitrogens with one attached hydrogen (secondary N) is 1. The molecule has 0 amide bonds. The molecule has 0 saturated heterocycles. The highest BCUT2D eigenvalue weighted by Crippen LogP contribution is 2.30. The SMILES string of the molecule is CCCNC(CC)c1ccccc1N(CC)CC(F)(F)F. The summed E-state index contributed by atoms with van der Waals surface area (Å²) in [6, 6.07) is 7.47. The number of anilines is 1. The van der Waals surface area contributed by atoms with E-state index in [1.807, 2.05) is 19.1 Å². The topological polar surface area (TPSA) is 15.3 Å². The number of hydrogen-bond donors (Lipinski definition) is 1. The van der Waals surface area contributed by atoms with Crippen molar-refractivity contribution in [2.45, 2.75) is 45.8 Å². The number of nitrogens with zero attached hydrogens (tertiary/aromatic N) is 1. The summed E-state index contributed by atoms with van der Waals surface area (Å²) < 4.78 is 38.2. The average molecular weight is 302 g/mol. The van der Waals surface area contributed by atoms with Gasteiger partial charge in [-0.05, 0) is 37.9 Å². The minimum atomic E-state index is -4.19. The third-order valence-corrected chi connectivity index (χ3v) is 3.45. The molecule has 1 aromatic carbocycles. The standard InChI is InChI=1S/C16H25F3N2/c1-4-11-20-14(5-2)13-9-7-8-10-15(13)21(6-3)12-16(17,18)19/h7-10,14,20H,4-6,11-12H2,1-3H3. The lowest BCUT2D eigenvalue weighted by Gasteiger charge is -2.29. The van der Waals surface area contributed by atoms with Gasteiger partial charge in [0.1, 0.15) is 6.54 Å². The van der Waals surface area contributed by atoms with E-state index in [0.717, 1.165) is 24.9 Å². The van der Waals surface area contributed by atoms with E-state index in [2.05, 4.69) is 12.2 Å². The van der Waals surface area contributed by atoms with Crippen LogP contribution >= 0.6 is 0 Å². The van der Waals surface area contributed by atoms with Gasteiger partial charge in [0, 0.05) is 18.3 Å². The zero-order valence-corrected chi connectivity index (χ0v) is 13.0. The average Bonchev–Trinajstić information content (AvgIpc) is 2.45. The minimum absolute atomic E-state index is 0.0865. The highest BCUT2D eigenvalue weighted by atomic mass is 19.4. The number of rotatable bonds is 8. The lowest BCUT2D eigenvalue weighted by atomic mass is 10.0. The zero-order chi connectivity index (χ0) is 15.9. The molecule has 0 aliphatic heterocycles. The highest BCUT2D eigenvalue weighted by Gasteiger charge is 2.31. The molecule has 0 spiro atoms. The molecule has 120 valence electrons. The van der Waals surface area contributed by atoms with Crippen LogP contribution in [0.3, 0.4) is 0 Å². The molecule has 5 heteroatoms. The summed E-state index contributed by atoms with van der Waals surface area (Å²) in [5, 5.41) is 3.41. The van der Waals surface area contributed by atoms with E-state index in [9.17, 15) is 13.2 Å². The van der Waals surface area contributed by atoms with Crippen molar-refractivity contribution in [3.05, 3.63) is 29.8 Å². The van der Waals surface area contributed by atoms with E-state index in [1.165, 1.54) is 4.90 Å². The van der Waals surface area contributed by atoms with E-state index < -0.39 is 12.7 Å². The van der Waals surface area contributed by atoms with Gasteiger partial charge in [0.2, 0.25) is 0 Å². The monoisotopic (exact) mass is 302 g/mol. The Morgan fingerprint density at radius 1 is 1.14 bits per heavy atom. The summed E-state index contributed by atoms with van der Waals surface area (Å²) in [5.74, 6) is 0. The second kappa shape index (κ2) is 8.27. The van der Waals surface area contributed by atoms with E-state index in [4.69, 9.17) is 0 Å². The van der Waals surface area contributed by atoms with Crippen LogP contribution in [-0.2, 0) is 0 Å². The van der Waals surface area contributed by atoms with Gasteiger partial charge in [-0.3, -0.25) is 0 Å². The fourth-order valence-corrected chi connectivity index (χ4v) is 2.45. The number of halogens is 3. The Kier molecular flexibility index (Phi) is 7.02. The van der Waals surface area contributed by atoms with E-state index in [-0.39, 0.29) is 6.04 Å². The Morgan fingerprint density at radius 2 is 1.81 bits per heavy atom. The molecule has 1 N–H and O–H groups in total. The molecule has 0 radical (unpaired) electrons. The van der Waals surface area contributed by atoms with Crippen LogP contribution in [0.2, 0.25) is 0 Å². The van der Waals surface area contributed by atoms with Gasteiger partial charge in [0.25, 0.3) is 0 Å². The second-order valence-electron chi connectivity index (χ2n) is 5.10. The van der Waals surface area contributed by atoms with Gasteiger partial charge in [0.05, 0.1) is 0 Å². The van der Waals surface area contributed by atoms with Crippen LogP contribution in [0.4, 0.5) is 18.9 Å². The van der Waals surface area contributed by atoms with E-state index >= 15 is 0 Å². The molecule has 0 aliphatic carbocycles. The Morgan fingerprint density at radius 3 is 2.33 bits per heavy atom. The lowest BCUT2D eigenvalue weighted by molar-refractivity contribution is -0.119. The highest BCUT2D eigenvalue weighted by molar-refractivity contribution is 5.55. The fraction of sp³-hybridized carbons (Fsp3) is 0.625. The van der Waals surface area contributed by atoms with Gasteiger partial charge in [-0.2, -0.15) is 13.2 Å². The van der Waals surface area contributed by atoms with Crippen molar-refractivity contribution < 1.29 is 13.2 Å². The molecule has 0 heterocycles. The lowest BCUT2D eigenvalue weighted by Crippen LogP contribution is -2.35. The molecule has 1 aromatic rings. The second-order valence-corrected chi connectivity index (χ2v) is 5.10. The molecule has 0 bridgehead atoms. The van der Waals surface area contributed by atoms with Crippen LogP contribution in [0.1, 0.15) is 45.2 Å². The Labute approximate surface area is 125 Å². The van der Waals surface area contributed by atoms with Crippen LogP contribution in [0.25, 0.3) is 0 Å². The first-order valence-corrected chi connectivity index (χ1v) is 7.56. The zero-order valence-electron chi connectivity index (χ0n) is 13.0. The summed E-state index contributed by atoms with van der Waals surface area (Å²) in [6.45, 7) is 6.16. The normalized spacial score (nSPS) is 13.2. The fourth-order valence-electron chi connectivity index (χ4n) is 2.45. The number of alkyl halides is 3. The van der Waals surface area contributed by atoms with E-state index in [0.29, 0.717) is 12.2 Å². The molecule has 0 aromatic heterocycles. The molecule has 1 atom stereocenters. The molecular formula is C16H25F3N2. The smallest absolute Gasteiger partial charge is 0.363 e. The molecule has 0 fully saturated rings. The first kappa shape index (κ1) is 17.8. The first-order chi connectivity index (χ1) is 9.92. The quantitative estimate of drug-likeness (QED) is 0.759. The largest absolute Gasteiger partial charge is 0.405 e. The number of benzene rings is 1. The number of hydrogen-bond acceptors (Lipinski definition) is 2. The Bertz CT molecular complexity index is 418. The first-order valence-electron chi connectivity index (χ1n) is 7.56. The maximum absolute atomic E-state index is 12.7. The summed E-state index contributed by atoms with van der Waals surface area (Å²) in [5.41, 5.74) is 1.62. The molecule has 0 saturated carbocycles. The van der Waals surface area contributed by atoms with Crippen LogP contribution in [0.15, 0.2) is 24.3 Å². The van der Waals surface area contributed by atoms with Crippen LogP contribution in [0, 0.1) is 0 Å². The van der Waals surface area contributed by atoms with Gasteiger partial charge < -0.3 is 10.2 Å². The predicted octanol–water partition coefficient (Wildman–Crippen LogP) is 4.53. The summed E-state index contributed by atoms with van der Waals surface area (Å²) in [6.07, 6.45) is -2.35. The van der Waals surface area contributed by atoms with Crippen LogP contribution in [0.5, 0.6) is 0 Å². The summed E-state index contributed by atoms with van der Waals surface area (Å²) in [7, 11) is 0. The predicted molar refractivity (Wildman–Crippen MR) is 81.7 cm³/mol. The minimum Gasteiger partial charge on any atom is -0.363 e. The van der Waals surface area contributed by atoms with Crippen molar-refractivity contribution in [1.29, 1.82) is 0 Å².